The van der Waals surface area contributed by atoms with Gasteiger partial charge in [0, 0.05) is 9.13 Å². The summed E-state index contributed by atoms with van der Waals surface area (Å²) in [5.74, 6) is 0.226. The van der Waals surface area contributed by atoms with E-state index in [0.29, 0.717) is 14.9 Å². The molecule has 106 valence electrons. The highest BCUT2D eigenvalue weighted by Gasteiger charge is 2.15. The highest BCUT2D eigenvalue weighted by Crippen LogP contribution is 2.32. The van der Waals surface area contributed by atoms with E-state index in [9.17, 15) is 13.2 Å². The molecule has 0 aromatic heterocycles. The Balaban J connectivity index is 2.82. The SMILES string of the molecule is O=Cc1c(I)cc(I)c(OCCCS(=O)(=O)O)c1I. The van der Waals surface area contributed by atoms with Crippen molar-refractivity contribution >= 4 is 84.2 Å². The maximum Gasteiger partial charge on any atom is 0.264 e. The molecule has 0 fully saturated rings. The number of hydrogen-bond donors (Lipinski definition) is 1. The molecule has 0 atom stereocenters. The van der Waals surface area contributed by atoms with Gasteiger partial charge in [-0.2, -0.15) is 8.42 Å². The fourth-order valence-electron chi connectivity index (χ4n) is 1.24. The third-order valence-corrected chi connectivity index (χ3v) is 5.64. The molecule has 0 spiro atoms. The second-order valence-corrected chi connectivity index (χ2v) is 8.48. The zero-order valence-electron chi connectivity index (χ0n) is 9.40. The summed E-state index contributed by atoms with van der Waals surface area (Å²) in [5.41, 5.74) is 0.561. The van der Waals surface area contributed by atoms with Gasteiger partial charge in [0.05, 0.1) is 19.5 Å². The minimum atomic E-state index is -3.96. The molecular formula is C10H9I3O5S. The summed E-state index contributed by atoms with van der Waals surface area (Å²) in [6.07, 6.45) is 0.956. The predicted octanol–water partition coefficient (Wildman–Crippen LogP) is 2.97. The van der Waals surface area contributed by atoms with Gasteiger partial charge in [-0.25, -0.2) is 0 Å². The second kappa shape index (κ2) is 7.70. The highest BCUT2D eigenvalue weighted by atomic mass is 127. The first-order chi connectivity index (χ1) is 8.76. The number of aldehydes is 1. The lowest BCUT2D eigenvalue weighted by Gasteiger charge is -2.12. The molecule has 0 radical (unpaired) electrons. The van der Waals surface area contributed by atoms with E-state index in [0.717, 1.165) is 13.4 Å². The molecule has 1 aromatic carbocycles. The summed E-state index contributed by atoms with van der Waals surface area (Å²) < 4.78 is 37.7. The van der Waals surface area contributed by atoms with Crippen LogP contribution < -0.4 is 4.74 Å². The Kier molecular flexibility index (Phi) is 7.23. The maximum atomic E-state index is 11.0. The minimum absolute atomic E-state index is 0.157. The van der Waals surface area contributed by atoms with Crippen LogP contribution in [-0.2, 0) is 10.1 Å². The number of benzene rings is 1. The first kappa shape index (κ1) is 17.8. The van der Waals surface area contributed by atoms with Gasteiger partial charge in [0.1, 0.15) is 5.75 Å². The van der Waals surface area contributed by atoms with Crippen molar-refractivity contribution in [2.75, 3.05) is 12.4 Å². The molecule has 19 heavy (non-hydrogen) atoms. The van der Waals surface area contributed by atoms with E-state index in [1.807, 2.05) is 28.7 Å². The number of carbonyl (C=O) groups excluding carboxylic acids is 1. The predicted molar refractivity (Wildman–Crippen MR) is 96.5 cm³/mol. The number of halogens is 3. The average Bonchev–Trinajstić information content (AvgIpc) is 2.26. The van der Waals surface area contributed by atoms with E-state index in [4.69, 9.17) is 9.29 Å². The van der Waals surface area contributed by atoms with E-state index < -0.39 is 10.1 Å². The summed E-state index contributed by atoms with van der Waals surface area (Å²) in [5, 5.41) is 0. The molecule has 0 aliphatic rings. The van der Waals surface area contributed by atoms with Crippen molar-refractivity contribution in [3.63, 3.8) is 0 Å². The molecule has 0 bridgehead atoms. The van der Waals surface area contributed by atoms with Crippen molar-refractivity contribution in [2.24, 2.45) is 0 Å². The van der Waals surface area contributed by atoms with E-state index in [-0.39, 0.29) is 18.8 Å². The van der Waals surface area contributed by atoms with Crippen molar-refractivity contribution in [3.05, 3.63) is 22.3 Å². The molecule has 1 N–H and O–H groups in total. The van der Waals surface area contributed by atoms with E-state index in [1.54, 1.807) is 0 Å². The van der Waals surface area contributed by atoms with Crippen LogP contribution in [0.5, 0.6) is 5.75 Å². The molecule has 0 amide bonds. The third kappa shape index (κ3) is 5.59. The number of hydrogen-bond acceptors (Lipinski definition) is 4. The Labute approximate surface area is 152 Å². The van der Waals surface area contributed by atoms with Crippen LogP contribution in [0.3, 0.4) is 0 Å². The highest BCUT2D eigenvalue weighted by molar-refractivity contribution is 14.1. The van der Waals surface area contributed by atoms with Crippen LogP contribution in [0, 0.1) is 10.7 Å². The topological polar surface area (TPSA) is 80.7 Å². The molecule has 9 heteroatoms. The molecule has 0 heterocycles. The number of ether oxygens (including phenoxy) is 1. The van der Waals surface area contributed by atoms with E-state index in [2.05, 4.69) is 45.2 Å². The average molecular weight is 622 g/mol. The number of rotatable bonds is 6. The summed E-state index contributed by atoms with van der Waals surface area (Å²) >= 11 is 6.20. The normalized spacial score (nSPS) is 11.4. The van der Waals surface area contributed by atoms with Gasteiger partial charge in [-0.05, 0) is 80.3 Å². The Morgan fingerprint density at radius 3 is 2.42 bits per heavy atom. The van der Waals surface area contributed by atoms with Crippen LogP contribution in [0.1, 0.15) is 16.8 Å². The molecule has 0 unspecified atom stereocenters. The van der Waals surface area contributed by atoms with Crippen LogP contribution in [0.2, 0.25) is 0 Å². The first-order valence-corrected chi connectivity index (χ1v) is 9.81. The van der Waals surface area contributed by atoms with Gasteiger partial charge in [0.25, 0.3) is 10.1 Å². The molecule has 0 saturated carbocycles. The lowest BCUT2D eigenvalue weighted by atomic mass is 10.2. The standard InChI is InChI=1S/C10H9I3O5S/c11-7-4-8(12)10(9(13)6(7)5-14)18-2-1-3-19(15,16)17/h4-5H,1-3H2,(H,15,16,17). The largest absolute Gasteiger partial charge is 0.491 e. The second-order valence-electron chi connectivity index (χ2n) is 3.50. The van der Waals surface area contributed by atoms with Crippen LogP contribution in [0.4, 0.5) is 0 Å². The molecule has 1 rings (SSSR count). The van der Waals surface area contributed by atoms with Gasteiger partial charge in [0.15, 0.2) is 6.29 Å². The van der Waals surface area contributed by atoms with Crippen LogP contribution in [-0.4, -0.2) is 31.6 Å². The fraction of sp³-hybridized carbons (Fsp3) is 0.300. The van der Waals surface area contributed by atoms with E-state index in [1.165, 1.54) is 0 Å². The van der Waals surface area contributed by atoms with Gasteiger partial charge in [-0.3, -0.25) is 9.35 Å². The molecule has 1 aromatic rings. The lowest BCUT2D eigenvalue weighted by Crippen LogP contribution is -2.10. The van der Waals surface area contributed by atoms with Gasteiger partial charge < -0.3 is 4.74 Å². The van der Waals surface area contributed by atoms with Crippen LogP contribution in [0.25, 0.3) is 0 Å². The molecule has 0 aliphatic carbocycles. The van der Waals surface area contributed by atoms with Crippen molar-refractivity contribution in [1.82, 2.24) is 0 Å². The van der Waals surface area contributed by atoms with Gasteiger partial charge in [-0.1, -0.05) is 0 Å². The molecule has 5 nitrogen and oxygen atoms in total. The van der Waals surface area contributed by atoms with Crippen LogP contribution in [0.15, 0.2) is 6.07 Å². The Hall–Kier alpha value is 0.790. The fourth-order valence-corrected chi connectivity index (χ4v) is 5.66. The third-order valence-electron chi connectivity index (χ3n) is 2.07. The minimum Gasteiger partial charge on any atom is -0.491 e. The molecular weight excluding hydrogens is 613 g/mol. The summed E-state index contributed by atoms with van der Waals surface area (Å²) in [6, 6.07) is 1.82. The van der Waals surface area contributed by atoms with E-state index >= 15 is 0 Å². The summed E-state index contributed by atoms with van der Waals surface area (Å²) in [4.78, 5) is 11.0. The maximum absolute atomic E-state index is 11.0. The van der Waals surface area contributed by atoms with Gasteiger partial charge in [-0.15, -0.1) is 0 Å². The Bertz CT molecular complexity index is 585. The lowest BCUT2D eigenvalue weighted by molar-refractivity contribution is 0.112. The zero-order chi connectivity index (χ0) is 14.6. The van der Waals surface area contributed by atoms with Crippen molar-refractivity contribution in [3.8, 4) is 5.75 Å². The smallest absolute Gasteiger partial charge is 0.264 e. The van der Waals surface area contributed by atoms with Crippen LogP contribution >= 0.6 is 67.8 Å². The van der Waals surface area contributed by atoms with Gasteiger partial charge >= 0.3 is 0 Å². The summed E-state index contributed by atoms with van der Waals surface area (Å²) in [7, 11) is -3.96. The monoisotopic (exact) mass is 622 g/mol. The summed E-state index contributed by atoms with van der Waals surface area (Å²) in [6.45, 7) is 0.157. The molecule has 0 aliphatic heterocycles. The number of carbonyl (C=O) groups is 1. The van der Waals surface area contributed by atoms with Gasteiger partial charge in [0.2, 0.25) is 0 Å². The van der Waals surface area contributed by atoms with Crippen molar-refractivity contribution in [2.45, 2.75) is 6.42 Å². The zero-order valence-corrected chi connectivity index (χ0v) is 16.7. The van der Waals surface area contributed by atoms with Crippen molar-refractivity contribution < 1.29 is 22.5 Å². The first-order valence-electron chi connectivity index (χ1n) is 4.97. The molecule has 0 saturated heterocycles. The Morgan fingerprint density at radius 2 is 1.89 bits per heavy atom. The quantitative estimate of drug-likeness (QED) is 0.229. The Morgan fingerprint density at radius 1 is 1.26 bits per heavy atom. The van der Waals surface area contributed by atoms with Crippen molar-refractivity contribution in [1.29, 1.82) is 0 Å².